The van der Waals surface area contributed by atoms with Gasteiger partial charge >= 0.3 is 0 Å². The minimum Gasteiger partial charge on any atom is -0.393 e. The summed E-state index contributed by atoms with van der Waals surface area (Å²) in [5.74, 6) is 0.471. The van der Waals surface area contributed by atoms with Gasteiger partial charge in [0, 0.05) is 39.5 Å². The minimum absolute atomic E-state index is 0.122. The molecule has 1 heterocycles. The van der Waals surface area contributed by atoms with Crippen LogP contribution in [0.5, 0.6) is 0 Å². The van der Waals surface area contributed by atoms with Crippen LogP contribution >= 0.6 is 12.2 Å². The third-order valence-electron chi connectivity index (χ3n) is 3.75. The predicted molar refractivity (Wildman–Crippen MR) is 79.9 cm³/mol. The number of rotatable bonds is 7. The molecular formula is C13H25N3O2S. The van der Waals surface area contributed by atoms with Crippen molar-refractivity contribution in [2.24, 2.45) is 11.7 Å². The van der Waals surface area contributed by atoms with Crippen LogP contribution in [0.4, 0.5) is 0 Å². The highest BCUT2D eigenvalue weighted by molar-refractivity contribution is 7.80. The van der Waals surface area contributed by atoms with Gasteiger partial charge in [0.05, 0.1) is 11.1 Å². The van der Waals surface area contributed by atoms with Crippen molar-refractivity contribution >= 4 is 23.1 Å². The molecule has 0 radical (unpaired) electrons. The number of aliphatic hydroxyl groups is 1. The molecule has 0 aromatic rings. The van der Waals surface area contributed by atoms with Gasteiger partial charge in [-0.25, -0.2) is 0 Å². The molecule has 110 valence electrons. The van der Waals surface area contributed by atoms with E-state index in [1.165, 1.54) is 0 Å². The molecule has 1 aliphatic heterocycles. The molecule has 0 aromatic heterocycles. The van der Waals surface area contributed by atoms with Crippen LogP contribution in [-0.2, 0) is 4.79 Å². The number of thiocarbonyl (C=S) groups is 1. The lowest BCUT2D eigenvalue weighted by Gasteiger charge is -2.20. The quantitative estimate of drug-likeness (QED) is 0.655. The summed E-state index contributed by atoms with van der Waals surface area (Å²) in [5, 5.41) is 9.53. The third kappa shape index (κ3) is 5.84. The standard InChI is InChI=1S/C13H25N3O2S/c1-10(17)11-3-7-16(9-11)8-5-13(18)15(2)6-4-12(14)19/h10-11,17H,3-9H2,1-2H3,(H2,14,19). The predicted octanol–water partition coefficient (Wildman–Crippen LogP) is 0.214. The van der Waals surface area contributed by atoms with Gasteiger partial charge in [-0.05, 0) is 25.8 Å². The molecule has 0 saturated carbocycles. The zero-order valence-electron chi connectivity index (χ0n) is 11.8. The largest absolute Gasteiger partial charge is 0.393 e. The second-order valence-electron chi connectivity index (χ2n) is 5.37. The summed E-state index contributed by atoms with van der Waals surface area (Å²) in [6, 6.07) is 0. The molecular weight excluding hydrogens is 262 g/mol. The number of nitrogens with two attached hydrogens (primary N) is 1. The van der Waals surface area contributed by atoms with Gasteiger partial charge in [0.15, 0.2) is 0 Å². The van der Waals surface area contributed by atoms with Gasteiger partial charge in [-0.15, -0.1) is 0 Å². The Labute approximate surface area is 120 Å². The van der Waals surface area contributed by atoms with Gasteiger partial charge in [0.1, 0.15) is 0 Å². The van der Waals surface area contributed by atoms with Crippen LogP contribution < -0.4 is 5.73 Å². The van der Waals surface area contributed by atoms with Crippen molar-refractivity contribution in [2.75, 3.05) is 33.2 Å². The van der Waals surface area contributed by atoms with E-state index in [0.29, 0.717) is 30.3 Å². The molecule has 2 unspecified atom stereocenters. The first-order valence-electron chi connectivity index (χ1n) is 6.83. The van der Waals surface area contributed by atoms with Gasteiger partial charge in [-0.2, -0.15) is 0 Å². The Morgan fingerprint density at radius 1 is 1.58 bits per heavy atom. The SMILES string of the molecule is CC(O)C1CCN(CCC(=O)N(C)CCC(N)=S)C1. The maximum absolute atomic E-state index is 11.9. The fourth-order valence-electron chi connectivity index (χ4n) is 2.31. The van der Waals surface area contributed by atoms with Crippen molar-refractivity contribution in [1.29, 1.82) is 0 Å². The molecule has 1 rings (SSSR count). The molecule has 5 nitrogen and oxygen atoms in total. The molecule has 0 bridgehead atoms. The summed E-state index contributed by atoms with van der Waals surface area (Å²) in [5.41, 5.74) is 5.42. The Morgan fingerprint density at radius 3 is 2.79 bits per heavy atom. The van der Waals surface area contributed by atoms with Crippen molar-refractivity contribution in [2.45, 2.75) is 32.3 Å². The third-order valence-corrected chi connectivity index (χ3v) is 3.96. The molecule has 1 amide bonds. The van der Waals surface area contributed by atoms with E-state index in [1.54, 1.807) is 11.9 Å². The maximum Gasteiger partial charge on any atom is 0.223 e. The number of aliphatic hydroxyl groups excluding tert-OH is 1. The van der Waals surface area contributed by atoms with Crippen molar-refractivity contribution in [1.82, 2.24) is 9.80 Å². The topological polar surface area (TPSA) is 69.8 Å². The molecule has 1 saturated heterocycles. The molecule has 6 heteroatoms. The second-order valence-corrected chi connectivity index (χ2v) is 5.90. The van der Waals surface area contributed by atoms with Crippen molar-refractivity contribution in [3.8, 4) is 0 Å². The zero-order chi connectivity index (χ0) is 14.4. The molecule has 0 aromatic carbocycles. The Morgan fingerprint density at radius 2 is 2.26 bits per heavy atom. The fraction of sp³-hybridized carbons (Fsp3) is 0.846. The van der Waals surface area contributed by atoms with Gasteiger partial charge in [0.2, 0.25) is 5.91 Å². The van der Waals surface area contributed by atoms with Crippen LogP contribution in [-0.4, -0.2) is 65.1 Å². The summed E-state index contributed by atoms with van der Waals surface area (Å²) >= 11 is 4.80. The lowest BCUT2D eigenvalue weighted by atomic mass is 10.0. The van der Waals surface area contributed by atoms with Crippen LogP contribution in [0.1, 0.15) is 26.2 Å². The van der Waals surface area contributed by atoms with E-state index in [-0.39, 0.29) is 12.0 Å². The number of nitrogens with zero attached hydrogens (tertiary/aromatic N) is 2. The molecule has 1 fully saturated rings. The molecule has 19 heavy (non-hydrogen) atoms. The summed E-state index contributed by atoms with van der Waals surface area (Å²) in [7, 11) is 1.78. The minimum atomic E-state index is -0.256. The van der Waals surface area contributed by atoms with Gasteiger partial charge < -0.3 is 20.6 Å². The summed E-state index contributed by atoms with van der Waals surface area (Å²) in [4.78, 5) is 16.3. The number of amides is 1. The number of carbonyl (C=O) groups excluding carboxylic acids is 1. The highest BCUT2D eigenvalue weighted by Crippen LogP contribution is 2.19. The van der Waals surface area contributed by atoms with Gasteiger partial charge in [-0.3, -0.25) is 4.79 Å². The number of likely N-dealkylation sites (tertiary alicyclic amines) is 1. The van der Waals surface area contributed by atoms with Crippen molar-refractivity contribution < 1.29 is 9.90 Å². The van der Waals surface area contributed by atoms with E-state index in [4.69, 9.17) is 18.0 Å². The van der Waals surface area contributed by atoms with Gasteiger partial charge in [-0.1, -0.05) is 12.2 Å². The van der Waals surface area contributed by atoms with E-state index in [0.717, 1.165) is 26.1 Å². The van der Waals surface area contributed by atoms with E-state index in [2.05, 4.69) is 4.90 Å². The molecule has 0 aliphatic carbocycles. The zero-order valence-corrected chi connectivity index (χ0v) is 12.7. The van der Waals surface area contributed by atoms with E-state index >= 15 is 0 Å². The normalized spacial score (nSPS) is 21.3. The van der Waals surface area contributed by atoms with E-state index < -0.39 is 0 Å². The Kier molecular flexibility index (Phi) is 6.68. The number of hydrogen-bond acceptors (Lipinski definition) is 4. The van der Waals surface area contributed by atoms with Gasteiger partial charge in [0.25, 0.3) is 0 Å². The molecule has 0 spiro atoms. The smallest absolute Gasteiger partial charge is 0.223 e. The Balaban J connectivity index is 2.21. The monoisotopic (exact) mass is 287 g/mol. The summed E-state index contributed by atoms with van der Waals surface area (Å²) in [6.45, 7) is 5.05. The Bertz CT molecular complexity index is 323. The maximum atomic E-state index is 11.9. The van der Waals surface area contributed by atoms with Crippen LogP contribution in [0.25, 0.3) is 0 Å². The van der Waals surface area contributed by atoms with Crippen LogP contribution in [0, 0.1) is 5.92 Å². The number of hydrogen-bond donors (Lipinski definition) is 2. The van der Waals surface area contributed by atoms with E-state index in [9.17, 15) is 9.90 Å². The Hall–Kier alpha value is -0.720. The lowest BCUT2D eigenvalue weighted by Crippen LogP contribution is -2.33. The second kappa shape index (κ2) is 7.77. The van der Waals surface area contributed by atoms with Crippen LogP contribution in [0.15, 0.2) is 0 Å². The highest BCUT2D eigenvalue weighted by Gasteiger charge is 2.26. The van der Waals surface area contributed by atoms with Crippen LogP contribution in [0.2, 0.25) is 0 Å². The van der Waals surface area contributed by atoms with Crippen molar-refractivity contribution in [3.63, 3.8) is 0 Å². The molecule has 3 N–H and O–H groups in total. The van der Waals surface area contributed by atoms with E-state index in [1.807, 2.05) is 6.92 Å². The van der Waals surface area contributed by atoms with Crippen molar-refractivity contribution in [3.05, 3.63) is 0 Å². The summed E-state index contributed by atoms with van der Waals surface area (Å²) < 4.78 is 0. The molecule has 1 aliphatic rings. The lowest BCUT2D eigenvalue weighted by molar-refractivity contribution is -0.130. The first kappa shape index (κ1) is 16.3. The van der Waals surface area contributed by atoms with Crippen LogP contribution in [0.3, 0.4) is 0 Å². The fourth-order valence-corrected chi connectivity index (χ4v) is 2.40. The highest BCUT2D eigenvalue weighted by atomic mass is 32.1. The molecule has 2 atom stereocenters. The number of carbonyl (C=O) groups is 1. The first-order valence-corrected chi connectivity index (χ1v) is 7.23. The average Bonchev–Trinajstić information content (AvgIpc) is 2.81. The summed E-state index contributed by atoms with van der Waals surface area (Å²) in [6.07, 6.45) is 1.85. The average molecular weight is 287 g/mol. The first-order chi connectivity index (χ1) is 8.90.